The molecule has 11 heavy (non-hydrogen) atoms. The zero-order valence-electron chi connectivity index (χ0n) is 6.44. The number of nitrogens with two attached hydrogens (primary N) is 1. The van der Waals surface area contributed by atoms with Crippen molar-refractivity contribution in [2.75, 3.05) is 5.73 Å². The Morgan fingerprint density at radius 3 is 2.45 bits per heavy atom. The van der Waals surface area contributed by atoms with Crippen molar-refractivity contribution in [1.82, 2.24) is 4.98 Å². The van der Waals surface area contributed by atoms with Crippen LogP contribution in [-0.2, 0) is 0 Å². The van der Waals surface area contributed by atoms with E-state index in [2.05, 4.69) is 4.98 Å². The molecule has 1 aromatic heterocycles. The van der Waals surface area contributed by atoms with Crippen molar-refractivity contribution in [3.63, 3.8) is 0 Å². The van der Waals surface area contributed by atoms with Gasteiger partial charge in [0, 0.05) is 6.07 Å². The summed E-state index contributed by atoms with van der Waals surface area (Å²) in [6.07, 6.45) is 1.01. The predicted octanol–water partition coefficient (Wildman–Crippen LogP) is 2.48. The molecule has 1 rings (SSSR count). The summed E-state index contributed by atoms with van der Waals surface area (Å²) in [5.41, 5.74) is 5.35. The minimum atomic E-state index is -0.475. The van der Waals surface area contributed by atoms with Gasteiger partial charge in [0.25, 0.3) is 0 Å². The smallest absolute Gasteiger partial charge is 0.152 e. The van der Waals surface area contributed by atoms with Gasteiger partial charge >= 0.3 is 0 Å². The molecule has 0 aliphatic heterocycles. The second-order valence-electron chi connectivity index (χ2n) is 1.53. The largest absolute Gasteiger partial charge is 0.396 e. The number of hydrogen-bond donors (Lipinski definition) is 1. The van der Waals surface area contributed by atoms with E-state index in [0.717, 1.165) is 12.3 Å². The fraction of sp³-hybridized carbons (Fsp3) is 0.286. The van der Waals surface area contributed by atoms with Gasteiger partial charge in [-0.3, -0.25) is 0 Å². The molecule has 0 saturated heterocycles. The molecule has 0 amide bonds. The molecule has 62 valence electrons. The minimum absolute atomic E-state index is 0.136. The highest BCUT2D eigenvalue weighted by atomic mass is 35.5. The van der Waals surface area contributed by atoms with Gasteiger partial charge < -0.3 is 5.73 Å². The topological polar surface area (TPSA) is 38.9 Å². The Hall–Kier alpha value is -0.830. The fourth-order valence-electron chi connectivity index (χ4n) is 0.438. The average molecular weight is 177 g/mol. The lowest BCUT2D eigenvalue weighted by Crippen LogP contribution is -1.89. The van der Waals surface area contributed by atoms with Gasteiger partial charge in [-0.15, -0.1) is 0 Å². The predicted molar refractivity (Wildman–Crippen MR) is 45.0 cm³/mol. The van der Waals surface area contributed by atoms with Crippen LogP contribution in [0.25, 0.3) is 0 Å². The van der Waals surface area contributed by atoms with E-state index < -0.39 is 5.82 Å². The molecule has 0 spiro atoms. The molecule has 1 heterocycles. The second kappa shape index (κ2) is 4.91. The van der Waals surface area contributed by atoms with Crippen LogP contribution in [0.3, 0.4) is 0 Å². The summed E-state index contributed by atoms with van der Waals surface area (Å²) in [5.74, 6) is -0.475. The molecule has 0 saturated carbocycles. The van der Waals surface area contributed by atoms with Crippen molar-refractivity contribution in [1.29, 1.82) is 0 Å². The molecule has 0 aliphatic carbocycles. The van der Waals surface area contributed by atoms with Crippen LogP contribution in [0.2, 0.25) is 5.15 Å². The maximum Gasteiger partial charge on any atom is 0.152 e. The second-order valence-corrected chi connectivity index (χ2v) is 1.89. The third-order valence-corrected chi connectivity index (χ3v) is 1.15. The van der Waals surface area contributed by atoms with Crippen LogP contribution in [0.1, 0.15) is 13.8 Å². The molecular weight excluding hydrogens is 167 g/mol. The van der Waals surface area contributed by atoms with Crippen LogP contribution >= 0.6 is 11.6 Å². The van der Waals surface area contributed by atoms with E-state index in [4.69, 9.17) is 17.3 Å². The molecule has 2 N–H and O–H groups in total. The number of nitrogens with zero attached hydrogens (tertiary/aromatic N) is 1. The van der Waals surface area contributed by atoms with Crippen LogP contribution in [0.15, 0.2) is 12.3 Å². The summed E-state index contributed by atoms with van der Waals surface area (Å²) in [7, 11) is 0. The molecular formula is C7H10ClFN2. The van der Waals surface area contributed by atoms with Gasteiger partial charge in [0.2, 0.25) is 0 Å². The summed E-state index contributed by atoms with van der Waals surface area (Å²) < 4.78 is 12.1. The van der Waals surface area contributed by atoms with Gasteiger partial charge in [0.15, 0.2) is 5.15 Å². The van der Waals surface area contributed by atoms with Crippen molar-refractivity contribution >= 4 is 17.3 Å². The van der Waals surface area contributed by atoms with Crippen LogP contribution in [-0.4, -0.2) is 4.98 Å². The van der Waals surface area contributed by atoms with Gasteiger partial charge in [-0.1, -0.05) is 25.4 Å². The van der Waals surface area contributed by atoms with Gasteiger partial charge in [0.1, 0.15) is 5.82 Å². The van der Waals surface area contributed by atoms with Gasteiger partial charge in [-0.25, -0.2) is 9.37 Å². The van der Waals surface area contributed by atoms with E-state index >= 15 is 0 Å². The zero-order valence-corrected chi connectivity index (χ0v) is 7.19. The molecule has 0 atom stereocenters. The number of rotatable bonds is 0. The maximum absolute atomic E-state index is 12.1. The summed E-state index contributed by atoms with van der Waals surface area (Å²) >= 11 is 5.38. The molecule has 0 bridgehead atoms. The first kappa shape index (κ1) is 10.2. The van der Waals surface area contributed by atoms with Crippen LogP contribution in [0.5, 0.6) is 0 Å². The Labute approximate surface area is 70.2 Å². The Kier molecular flexibility index (Phi) is 4.54. The lowest BCUT2D eigenvalue weighted by molar-refractivity contribution is 0.622. The lowest BCUT2D eigenvalue weighted by atomic mass is 10.4. The number of anilines is 1. The highest BCUT2D eigenvalue weighted by molar-refractivity contribution is 6.31. The Morgan fingerprint density at radius 2 is 2.09 bits per heavy atom. The van der Waals surface area contributed by atoms with Crippen molar-refractivity contribution in [3.05, 3.63) is 23.2 Å². The number of nitrogen functional groups attached to an aromatic ring is 1. The first-order valence-corrected chi connectivity index (χ1v) is 3.64. The van der Waals surface area contributed by atoms with E-state index in [1.165, 1.54) is 0 Å². The Balaban J connectivity index is 0.000000461. The highest BCUT2D eigenvalue weighted by Gasteiger charge is 1.96. The molecule has 0 aliphatic rings. The average Bonchev–Trinajstić information content (AvgIpc) is 2.02. The number of halogens is 2. The van der Waals surface area contributed by atoms with Crippen molar-refractivity contribution < 1.29 is 4.39 Å². The monoisotopic (exact) mass is 176 g/mol. The van der Waals surface area contributed by atoms with Gasteiger partial charge in [0.05, 0.1) is 11.9 Å². The third kappa shape index (κ3) is 3.18. The molecule has 0 aromatic carbocycles. The quantitative estimate of drug-likeness (QED) is 0.617. The van der Waals surface area contributed by atoms with Crippen molar-refractivity contribution in [2.45, 2.75) is 13.8 Å². The van der Waals surface area contributed by atoms with Crippen molar-refractivity contribution in [2.24, 2.45) is 0 Å². The lowest BCUT2D eigenvalue weighted by Gasteiger charge is -1.93. The van der Waals surface area contributed by atoms with Gasteiger partial charge in [-0.05, 0) is 0 Å². The summed E-state index contributed by atoms with van der Waals surface area (Å²) in [6.45, 7) is 4.00. The molecule has 1 aromatic rings. The molecule has 0 radical (unpaired) electrons. The maximum atomic E-state index is 12.1. The summed E-state index contributed by atoms with van der Waals surface area (Å²) in [6, 6.07) is 1.12. The van der Waals surface area contributed by atoms with E-state index in [9.17, 15) is 4.39 Å². The summed E-state index contributed by atoms with van der Waals surface area (Å²) in [4.78, 5) is 3.44. The first-order valence-electron chi connectivity index (χ1n) is 3.26. The van der Waals surface area contributed by atoms with Crippen LogP contribution in [0.4, 0.5) is 10.1 Å². The molecule has 4 heteroatoms. The SMILES string of the molecule is CC.Nc1cc(F)cnc1Cl. The van der Waals surface area contributed by atoms with Crippen LogP contribution in [0, 0.1) is 5.82 Å². The van der Waals surface area contributed by atoms with Crippen molar-refractivity contribution in [3.8, 4) is 0 Å². The minimum Gasteiger partial charge on any atom is -0.396 e. The number of hydrogen-bond acceptors (Lipinski definition) is 2. The first-order chi connectivity index (χ1) is 5.20. The fourth-order valence-corrected chi connectivity index (χ4v) is 0.542. The molecule has 0 unspecified atom stereocenters. The van der Waals surface area contributed by atoms with E-state index in [-0.39, 0.29) is 10.8 Å². The Morgan fingerprint density at radius 1 is 1.55 bits per heavy atom. The zero-order chi connectivity index (χ0) is 8.85. The normalized spacial score (nSPS) is 8.36. The van der Waals surface area contributed by atoms with E-state index in [1.54, 1.807) is 0 Å². The summed E-state index contributed by atoms with van der Waals surface area (Å²) in [5, 5.41) is 0.136. The number of aromatic nitrogens is 1. The standard InChI is InChI=1S/C5H4ClFN2.C2H6/c6-5-4(8)1-3(7)2-9-5;1-2/h1-2H,8H2;1-2H3. The number of pyridine rings is 1. The third-order valence-electron chi connectivity index (χ3n) is 0.833. The highest BCUT2D eigenvalue weighted by Crippen LogP contribution is 2.14. The van der Waals surface area contributed by atoms with Gasteiger partial charge in [-0.2, -0.15) is 0 Å². The van der Waals surface area contributed by atoms with E-state index in [1.807, 2.05) is 13.8 Å². The molecule has 0 fully saturated rings. The Bertz CT molecular complexity index is 228. The molecule has 2 nitrogen and oxygen atoms in total. The van der Waals surface area contributed by atoms with Crippen LogP contribution < -0.4 is 5.73 Å². The van der Waals surface area contributed by atoms with E-state index in [0.29, 0.717) is 0 Å².